The first kappa shape index (κ1) is 18.3. The first-order valence-corrected chi connectivity index (χ1v) is 9.03. The summed E-state index contributed by atoms with van der Waals surface area (Å²) in [6.07, 6.45) is 2.15. The number of nitrogens with two attached hydrogens (primary N) is 1. The molecular formula is C18H26F3N3O. The zero-order valence-corrected chi connectivity index (χ0v) is 14.3. The summed E-state index contributed by atoms with van der Waals surface area (Å²) < 4.78 is 40.7. The van der Waals surface area contributed by atoms with Gasteiger partial charge in [-0.05, 0) is 49.9 Å². The van der Waals surface area contributed by atoms with Crippen molar-refractivity contribution in [3.8, 4) is 5.75 Å². The SMILES string of the molecule is NC1CCCCC1NC1CCCN(c2ccc(OC(F)(F)F)cc2)C1. The molecule has 0 spiro atoms. The van der Waals surface area contributed by atoms with E-state index in [1.807, 2.05) is 0 Å². The highest BCUT2D eigenvalue weighted by atomic mass is 19.4. The van der Waals surface area contributed by atoms with E-state index in [9.17, 15) is 13.2 Å². The summed E-state index contributed by atoms with van der Waals surface area (Å²) in [5, 5.41) is 3.71. The van der Waals surface area contributed by atoms with E-state index in [-0.39, 0.29) is 11.8 Å². The molecule has 0 aromatic heterocycles. The third-order valence-corrected chi connectivity index (χ3v) is 5.13. The monoisotopic (exact) mass is 357 g/mol. The summed E-state index contributed by atoms with van der Waals surface area (Å²) in [5.74, 6) is -0.184. The van der Waals surface area contributed by atoms with E-state index < -0.39 is 6.36 Å². The Kier molecular flexibility index (Phi) is 5.74. The number of hydrogen-bond acceptors (Lipinski definition) is 4. The van der Waals surface area contributed by atoms with Crippen LogP contribution in [0.15, 0.2) is 24.3 Å². The lowest BCUT2D eigenvalue weighted by Gasteiger charge is -2.39. The number of nitrogens with zero attached hydrogens (tertiary/aromatic N) is 1. The number of ether oxygens (including phenoxy) is 1. The summed E-state index contributed by atoms with van der Waals surface area (Å²) in [7, 11) is 0. The van der Waals surface area contributed by atoms with Crippen molar-refractivity contribution in [3.63, 3.8) is 0 Å². The van der Waals surface area contributed by atoms with Gasteiger partial charge in [-0.3, -0.25) is 0 Å². The van der Waals surface area contributed by atoms with Gasteiger partial charge in [0.25, 0.3) is 0 Å². The van der Waals surface area contributed by atoms with Crippen molar-refractivity contribution in [2.75, 3.05) is 18.0 Å². The lowest BCUT2D eigenvalue weighted by atomic mass is 9.89. The first-order valence-electron chi connectivity index (χ1n) is 9.03. The van der Waals surface area contributed by atoms with E-state index in [1.54, 1.807) is 12.1 Å². The lowest BCUT2D eigenvalue weighted by Crippen LogP contribution is -2.55. The molecule has 1 saturated carbocycles. The average molecular weight is 357 g/mol. The van der Waals surface area contributed by atoms with Crippen LogP contribution in [0.1, 0.15) is 38.5 Å². The lowest BCUT2D eigenvalue weighted by molar-refractivity contribution is -0.274. The molecule has 1 aliphatic carbocycles. The number of nitrogens with one attached hydrogen (secondary N) is 1. The smallest absolute Gasteiger partial charge is 0.406 e. The fourth-order valence-corrected chi connectivity index (χ4v) is 3.88. The van der Waals surface area contributed by atoms with Gasteiger partial charge < -0.3 is 20.7 Å². The van der Waals surface area contributed by atoms with Gasteiger partial charge in [0, 0.05) is 36.9 Å². The zero-order valence-electron chi connectivity index (χ0n) is 14.3. The van der Waals surface area contributed by atoms with Gasteiger partial charge in [-0.15, -0.1) is 13.2 Å². The van der Waals surface area contributed by atoms with Crippen molar-refractivity contribution in [1.82, 2.24) is 5.32 Å². The molecule has 7 heteroatoms. The minimum atomic E-state index is -4.65. The predicted molar refractivity (Wildman–Crippen MR) is 91.7 cm³/mol. The number of halogens is 3. The van der Waals surface area contributed by atoms with E-state index in [1.165, 1.54) is 25.0 Å². The molecule has 3 rings (SSSR count). The van der Waals surface area contributed by atoms with Crippen LogP contribution in [-0.2, 0) is 0 Å². The Morgan fingerprint density at radius 1 is 1.04 bits per heavy atom. The molecule has 0 amide bonds. The number of rotatable bonds is 4. The van der Waals surface area contributed by atoms with Crippen molar-refractivity contribution in [2.24, 2.45) is 5.73 Å². The van der Waals surface area contributed by atoms with Gasteiger partial charge in [0.2, 0.25) is 0 Å². The van der Waals surface area contributed by atoms with Crippen LogP contribution in [0.25, 0.3) is 0 Å². The summed E-state index contributed by atoms with van der Waals surface area (Å²) >= 11 is 0. The van der Waals surface area contributed by atoms with Crippen molar-refractivity contribution < 1.29 is 17.9 Å². The Labute approximate surface area is 146 Å². The Balaban J connectivity index is 1.57. The van der Waals surface area contributed by atoms with Crippen molar-refractivity contribution in [3.05, 3.63) is 24.3 Å². The van der Waals surface area contributed by atoms with E-state index in [0.29, 0.717) is 12.1 Å². The van der Waals surface area contributed by atoms with Crippen molar-refractivity contribution >= 4 is 5.69 Å². The second-order valence-corrected chi connectivity index (χ2v) is 7.05. The second kappa shape index (κ2) is 7.83. The predicted octanol–water partition coefficient (Wildman–Crippen LogP) is 3.41. The zero-order chi connectivity index (χ0) is 17.9. The number of benzene rings is 1. The normalized spacial score (nSPS) is 28.0. The molecule has 1 aromatic carbocycles. The highest BCUT2D eigenvalue weighted by Crippen LogP contribution is 2.27. The largest absolute Gasteiger partial charge is 0.573 e. The fraction of sp³-hybridized carbons (Fsp3) is 0.667. The van der Waals surface area contributed by atoms with Crippen molar-refractivity contribution in [1.29, 1.82) is 0 Å². The average Bonchev–Trinajstić information content (AvgIpc) is 2.57. The quantitative estimate of drug-likeness (QED) is 0.867. The van der Waals surface area contributed by atoms with Gasteiger partial charge >= 0.3 is 6.36 Å². The maximum Gasteiger partial charge on any atom is 0.573 e. The molecule has 4 nitrogen and oxygen atoms in total. The second-order valence-electron chi connectivity index (χ2n) is 7.05. The number of alkyl halides is 3. The molecule has 1 heterocycles. The van der Waals surface area contributed by atoms with Crippen LogP contribution >= 0.6 is 0 Å². The minimum Gasteiger partial charge on any atom is -0.406 e. The molecule has 25 heavy (non-hydrogen) atoms. The summed E-state index contributed by atoms with van der Waals surface area (Å²) in [6.45, 7) is 1.76. The van der Waals surface area contributed by atoms with Gasteiger partial charge in [0.05, 0.1) is 0 Å². The third kappa shape index (κ3) is 5.25. The highest BCUT2D eigenvalue weighted by Gasteiger charge is 2.31. The molecule has 3 atom stereocenters. The molecule has 3 N–H and O–H groups in total. The van der Waals surface area contributed by atoms with E-state index in [0.717, 1.165) is 44.5 Å². The van der Waals surface area contributed by atoms with Gasteiger partial charge in [0.1, 0.15) is 5.75 Å². The minimum absolute atomic E-state index is 0.184. The Hall–Kier alpha value is -1.47. The fourth-order valence-electron chi connectivity index (χ4n) is 3.88. The topological polar surface area (TPSA) is 50.5 Å². The molecular weight excluding hydrogens is 331 g/mol. The van der Waals surface area contributed by atoms with Crippen LogP contribution in [0.5, 0.6) is 5.75 Å². The van der Waals surface area contributed by atoms with Gasteiger partial charge in [-0.25, -0.2) is 0 Å². The van der Waals surface area contributed by atoms with Crippen LogP contribution in [0.3, 0.4) is 0 Å². The van der Waals surface area contributed by atoms with Gasteiger partial charge in [-0.1, -0.05) is 12.8 Å². The van der Waals surface area contributed by atoms with E-state index in [4.69, 9.17) is 5.73 Å². The molecule has 1 saturated heterocycles. The maximum atomic E-state index is 12.3. The Morgan fingerprint density at radius 2 is 1.76 bits per heavy atom. The van der Waals surface area contributed by atoms with Gasteiger partial charge in [-0.2, -0.15) is 0 Å². The van der Waals surface area contributed by atoms with Crippen LogP contribution < -0.4 is 20.7 Å². The number of piperidine rings is 1. The molecule has 3 unspecified atom stereocenters. The van der Waals surface area contributed by atoms with Gasteiger partial charge in [0.15, 0.2) is 0 Å². The molecule has 2 fully saturated rings. The van der Waals surface area contributed by atoms with E-state index >= 15 is 0 Å². The standard InChI is InChI=1S/C18H26F3N3O/c19-18(20,21)25-15-9-7-14(8-10-15)24-11-3-4-13(12-24)23-17-6-2-1-5-16(17)22/h7-10,13,16-17,23H,1-6,11-12,22H2. The Morgan fingerprint density at radius 3 is 2.44 bits per heavy atom. The van der Waals surface area contributed by atoms with E-state index in [2.05, 4.69) is 15.0 Å². The molecule has 140 valence electrons. The molecule has 0 radical (unpaired) electrons. The van der Waals surface area contributed by atoms with Crippen LogP contribution in [0, 0.1) is 0 Å². The molecule has 1 aromatic rings. The van der Waals surface area contributed by atoms with Crippen LogP contribution in [0.4, 0.5) is 18.9 Å². The number of hydrogen-bond donors (Lipinski definition) is 2. The molecule has 2 aliphatic rings. The highest BCUT2D eigenvalue weighted by molar-refractivity contribution is 5.49. The maximum absolute atomic E-state index is 12.3. The van der Waals surface area contributed by atoms with Crippen molar-refractivity contribution in [2.45, 2.75) is 63.0 Å². The van der Waals surface area contributed by atoms with Crippen LogP contribution in [-0.4, -0.2) is 37.6 Å². The summed E-state index contributed by atoms with van der Waals surface area (Å²) in [6, 6.07) is 7.09. The summed E-state index contributed by atoms with van der Waals surface area (Å²) in [4.78, 5) is 2.22. The third-order valence-electron chi connectivity index (χ3n) is 5.13. The number of anilines is 1. The summed E-state index contributed by atoms with van der Waals surface area (Å²) in [5.41, 5.74) is 7.15. The Bertz CT molecular complexity index is 549. The molecule has 1 aliphatic heterocycles. The van der Waals surface area contributed by atoms with Crippen LogP contribution in [0.2, 0.25) is 0 Å². The first-order chi connectivity index (χ1) is 11.9. The molecule has 0 bridgehead atoms.